The number of benzene rings is 1. The van der Waals surface area contributed by atoms with E-state index in [9.17, 15) is 14.0 Å². The molecule has 148 valence electrons. The van der Waals surface area contributed by atoms with E-state index in [2.05, 4.69) is 10.2 Å². The van der Waals surface area contributed by atoms with Gasteiger partial charge in [-0.25, -0.2) is 4.39 Å². The number of carbonyl (C=O) groups excluding carboxylic acids is 2. The van der Waals surface area contributed by atoms with Gasteiger partial charge in [0.25, 0.3) is 5.91 Å². The molecule has 2 fully saturated rings. The van der Waals surface area contributed by atoms with Crippen LogP contribution in [0.5, 0.6) is 0 Å². The van der Waals surface area contributed by atoms with Crippen LogP contribution in [0.3, 0.4) is 0 Å². The zero-order valence-corrected chi connectivity index (χ0v) is 16.0. The SMILES string of the molecule is O=C(NCC(=O)N1CCCN(CC2CCCCC2)CC1)c1ccccc1F. The molecule has 27 heavy (non-hydrogen) atoms. The fraction of sp³-hybridized carbons (Fsp3) is 0.619. The Balaban J connectivity index is 1.43. The third-order valence-corrected chi connectivity index (χ3v) is 5.70. The van der Waals surface area contributed by atoms with Crippen LogP contribution in [0.15, 0.2) is 24.3 Å². The molecule has 6 heteroatoms. The number of nitrogens with zero attached hydrogens (tertiary/aromatic N) is 2. The van der Waals surface area contributed by atoms with E-state index in [0.29, 0.717) is 6.54 Å². The molecular formula is C21H30FN3O2. The van der Waals surface area contributed by atoms with Gasteiger partial charge in [0.1, 0.15) is 5.82 Å². The van der Waals surface area contributed by atoms with Crippen molar-refractivity contribution in [3.8, 4) is 0 Å². The minimum Gasteiger partial charge on any atom is -0.343 e. The lowest BCUT2D eigenvalue weighted by Gasteiger charge is -2.28. The molecule has 1 N–H and O–H groups in total. The molecule has 1 aromatic carbocycles. The number of rotatable bonds is 5. The number of amides is 2. The van der Waals surface area contributed by atoms with Gasteiger partial charge in [-0.15, -0.1) is 0 Å². The van der Waals surface area contributed by atoms with Gasteiger partial charge in [0.2, 0.25) is 5.91 Å². The first-order valence-electron chi connectivity index (χ1n) is 10.2. The number of nitrogens with one attached hydrogen (secondary N) is 1. The molecule has 1 aliphatic carbocycles. The Labute approximate surface area is 160 Å². The van der Waals surface area contributed by atoms with Crippen molar-refractivity contribution in [2.75, 3.05) is 39.3 Å². The minimum absolute atomic E-state index is 0.0279. The van der Waals surface area contributed by atoms with Gasteiger partial charge in [-0.3, -0.25) is 9.59 Å². The number of halogens is 1. The van der Waals surface area contributed by atoms with Crippen LogP contribution in [0.25, 0.3) is 0 Å². The van der Waals surface area contributed by atoms with Crippen molar-refractivity contribution >= 4 is 11.8 Å². The second-order valence-corrected chi connectivity index (χ2v) is 7.70. The second-order valence-electron chi connectivity index (χ2n) is 7.70. The number of hydrogen-bond acceptors (Lipinski definition) is 3. The van der Waals surface area contributed by atoms with Gasteiger partial charge in [-0.1, -0.05) is 31.4 Å². The zero-order valence-electron chi connectivity index (χ0n) is 16.0. The van der Waals surface area contributed by atoms with Crippen molar-refractivity contribution in [3.05, 3.63) is 35.6 Å². The van der Waals surface area contributed by atoms with E-state index in [4.69, 9.17) is 0 Å². The maximum atomic E-state index is 13.6. The summed E-state index contributed by atoms with van der Waals surface area (Å²) >= 11 is 0. The average Bonchev–Trinajstić information content (AvgIpc) is 2.93. The lowest BCUT2D eigenvalue weighted by Crippen LogP contribution is -2.42. The van der Waals surface area contributed by atoms with Gasteiger partial charge in [-0.2, -0.15) is 0 Å². The molecule has 0 radical (unpaired) electrons. The Morgan fingerprint density at radius 2 is 1.78 bits per heavy atom. The van der Waals surface area contributed by atoms with Crippen LogP contribution in [0.1, 0.15) is 48.9 Å². The highest BCUT2D eigenvalue weighted by atomic mass is 19.1. The Morgan fingerprint density at radius 1 is 1.00 bits per heavy atom. The molecule has 0 bridgehead atoms. The molecule has 1 saturated carbocycles. The van der Waals surface area contributed by atoms with Crippen LogP contribution in [0, 0.1) is 11.7 Å². The first kappa shape index (κ1) is 19.8. The fourth-order valence-electron chi connectivity index (χ4n) is 4.15. The molecule has 0 spiro atoms. The van der Waals surface area contributed by atoms with Crippen molar-refractivity contribution in [1.82, 2.24) is 15.1 Å². The molecule has 1 saturated heterocycles. The third-order valence-electron chi connectivity index (χ3n) is 5.70. The van der Waals surface area contributed by atoms with Crippen LogP contribution in [-0.2, 0) is 4.79 Å². The van der Waals surface area contributed by atoms with Crippen molar-refractivity contribution in [2.45, 2.75) is 38.5 Å². The van der Waals surface area contributed by atoms with Crippen molar-refractivity contribution in [3.63, 3.8) is 0 Å². The second kappa shape index (κ2) is 9.83. The Kier molecular flexibility index (Phi) is 7.21. The molecule has 1 aliphatic heterocycles. The maximum absolute atomic E-state index is 13.6. The Bertz CT molecular complexity index is 646. The molecule has 0 aromatic heterocycles. The van der Waals surface area contributed by atoms with Gasteiger partial charge in [0, 0.05) is 26.2 Å². The summed E-state index contributed by atoms with van der Waals surface area (Å²) in [7, 11) is 0. The summed E-state index contributed by atoms with van der Waals surface area (Å²) in [6.07, 6.45) is 7.70. The van der Waals surface area contributed by atoms with Crippen molar-refractivity contribution < 1.29 is 14.0 Å². The van der Waals surface area contributed by atoms with Gasteiger partial charge in [0.15, 0.2) is 0 Å². The Hall–Kier alpha value is -1.95. The summed E-state index contributed by atoms with van der Waals surface area (Å²) in [5.41, 5.74) is -0.0279. The number of hydrogen-bond donors (Lipinski definition) is 1. The van der Waals surface area contributed by atoms with Crippen LogP contribution < -0.4 is 5.32 Å². The normalized spacial score (nSPS) is 19.5. The molecule has 0 atom stereocenters. The monoisotopic (exact) mass is 375 g/mol. The molecule has 1 aromatic rings. The van der Waals surface area contributed by atoms with Crippen LogP contribution in [-0.4, -0.2) is 60.9 Å². The van der Waals surface area contributed by atoms with Crippen LogP contribution >= 0.6 is 0 Å². The summed E-state index contributed by atoms with van der Waals surface area (Å²) in [5, 5.41) is 2.55. The highest BCUT2D eigenvalue weighted by molar-refractivity contribution is 5.96. The predicted octanol–water partition coefficient (Wildman–Crippen LogP) is 2.67. The summed E-state index contributed by atoms with van der Waals surface area (Å²) < 4.78 is 13.6. The highest BCUT2D eigenvalue weighted by Crippen LogP contribution is 2.24. The molecule has 0 unspecified atom stereocenters. The Morgan fingerprint density at radius 3 is 2.56 bits per heavy atom. The summed E-state index contributed by atoms with van der Waals surface area (Å²) in [4.78, 5) is 28.8. The standard InChI is InChI=1S/C21H30FN3O2/c22-19-10-5-4-9-18(19)21(27)23-15-20(26)25-12-6-11-24(13-14-25)16-17-7-2-1-3-8-17/h4-5,9-10,17H,1-3,6-8,11-16H2,(H,23,27). The molecule has 3 rings (SSSR count). The smallest absolute Gasteiger partial charge is 0.254 e. The van der Waals surface area contributed by atoms with Gasteiger partial charge < -0.3 is 15.1 Å². The van der Waals surface area contributed by atoms with E-state index in [1.54, 1.807) is 6.07 Å². The predicted molar refractivity (Wildman–Crippen MR) is 103 cm³/mol. The summed E-state index contributed by atoms with van der Waals surface area (Å²) in [6.45, 7) is 4.39. The first-order chi connectivity index (χ1) is 13.1. The minimum atomic E-state index is -0.574. The highest BCUT2D eigenvalue weighted by Gasteiger charge is 2.22. The third kappa shape index (κ3) is 5.76. The fourth-order valence-corrected chi connectivity index (χ4v) is 4.15. The first-order valence-corrected chi connectivity index (χ1v) is 10.2. The largest absolute Gasteiger partial charge is 0.343 e. The van der Waals surface area contributed by atoms with Gasteiger partial charge >= 0.3 is 0 Å². The van der Waals surface area contributed by atoms with E-state index >= 15 is 0 Å². The van der Waals surface area contributed by atoms with E-state index in [1.807, 2.05) is 4.90 Å². The molecule has 2 amide bonds. The van der Waals surface area contributed by atoms with E-state index in [1.165, 1.54) is 50.3 Å². The van der Waals surface area contributed by atoms with Gasteiger partial charge in [0.05, 0.1) is 12.1 Å². The topological polar surface area (TPSA) is 52.7 Å². The molecule has 5 nitrogen and oxygen atoms in total. The lowest BCUT2D eigenvalue weighted by molar-refractivity contribution is -0.130. The van der Waals surface area contributed by atoms with Crippen molar-refractivity contribution in [1.29, 1.82) is 0 Å². The molecule has 1 heterocycles. The van der Waals surface area contributed by atoms with Crippen LogP contribution in [0.4, 0.5) is 4.39 Å². The molecular weight excluding hydrogens is 345 g/mol. The number of carbonyl (C=O) groups is 2. The molecule has 2 aliphatic rings. The average molecular weight is 375 g/mol. The van der Waals surface area contributed by atoms with Gasteiger partial charge in [-0.05, 0) is 43.9 Å². The van der Waals surface area contributed by atoms with Crippen LogP contribution in [0.2, 0.25) is 0 Å². The lowest BCUT2D eigenvalue weighted by atomic mass is 9.89. The maximum Gasteiger partial charge on any atom is 0.254 e. The zero-order chi connectivity index (χ0) is 19.1. The quantitative estimate of drug-likeness (QED) is 0.861. The summed E-state index contributed by atoms with van der Waals surface area (Å²) in [6, 6.07) is 5.81. The van der Waals surface area contributed by atoms with Crippen molar-refractivity contribution in [2.24, 2.45) is 5.92 Å². The van der Waals surface area contributed by atoms with E-state index < -0.39 is 11.7 Å². The van der Waals surface area contributed by atoms with E-state index in [-0.39, 0.29) is 18.0 Å². The van der Waals surface area contributed by atoms with E-state index in [0.717, 1.165) is 38.5 Å². The summed E-state index contributed by atoms with van der Waals surface area (Å²) in [5.74, 6) is -0.411.